The maximum Gasteiger partial charge on any atom is 0.0127 e. The molecule has 1 nitrogen and oxygen atoms in total. The Kier molecular flexibility index (Phi) is 9.89. The minimum atomic E-state index is 0. The lowest BCUT2D eigenvalue weighted by molar-refractivity contribution is 0.584. The summed E-state index contributed by atoms with van der Waals surface area (Å²) in [4.78, 5) is 0. The first-order chi connectivity index (χ1) is 7.33. The smallest absolute Gasteiger partial charge is 0.0127 e. The summed E-state index contributed by atoms with van der Waals surface area (Å²) in [5.74, 6) is 0.804. The SMILES string of the molecule is Cl.N[C@@H](CS)CCCCCc1ccccc1. The summed E-state index contributed by atoms with van der Waals surface area (Å²) in [5.41, 5.74) is 7.23. The quantitative estimate of drug-likeness (QED) is 0.569. The van der Waals surface area contributed by atoms with Crippen molar-refractivity contribution in [1.29, 1.82) is 0 Å². The third-order valence-corrected chi connectivity index (χ3v) is 3.09. The van der Waals surface area contributed by atoms with E-state index in [-0.39, 0.29) is 18.4 Å². The van der Waals surface area contributed by atoms with Gasteiger partial charge in [-0.2, -0.15) is 12.6 Å². The first kappa shape index (κ1) is 15.8. The Morgan fingerprint density at radius 3 is 2.38 bits per heavy atom. The molecule has 0 spiro atoms. The van der Waals surface area contributed by atoms with Crippen LogP contribution in [0.2, 0.25) is 0 Å². The molecule has 0 radical (unpaired) electrons. The third kappa shape index (κ3) is 7.15. The first-order valence-corrected chi connectivity index (χ1v) is 6.36. The predicted molar refractivity (Wildman–Crippen MR) is 77.7 cm³/mol. The molecule has 0 saturated heterocycles. The van der Waals surface area contributed by atoms with Crippen LogP contribution in [0, 0.1) is 0 Å². The Balaban J connectivity index is 0.00000225. The number of aryl methyl sites for hydroxylation is 1. The molecule has 0 bridgehead atoms. The Morgan fingerprint density at radius 2 is 1.75 bits per heavy atom. The van der Waals surface area contributed by atoms with E-state index in [1.165, 1.54) is 31.2 Å². The van der Waals surface area contributed by atoms with Crippen LogP contribution in [0.25, 0.3) is 0 Å². The second-order valence-electron chi connectivity index (χ2n) is 4.03. The van der Waals surface area contributed by atoms with Gasteiger partial charge in [-0.25, -0.2) is 0 Å². The minimum Gasteiger partial charge on any atom is -0.327 e. The van der Waals surface area contributed by atoms with Crippen LogP contribution in [-0.2, 0) is 6.42 Å². The van der Waals surface area contributed by atoms with Crippen molar-refractivity contribution in [2.75, 3.05) is 5.75 Å². The van der Waals surface area contributed by atoms with Gasteiger partial charge in [0.1, 0.15) is 0 Å². The number of benzene rings is 1. The van der Waals surface area contributed by atoms with E-state index in [1.807, 2.05) is 0 Å². The molecular weight excluding hydrogens is 238 g/mol. The van der Waals surface area contributed by atoms with Crippen molar-refractivity contribution in [3.05, 3.63) is 35.9 Å². The summed E-state index contributed by atoms with van der Waals surface area (Å²) in [6.45, 7) is 0. The van der Waals surface area contributed by atoms with Gasteiger partial charge in [-0.3, -0.25) is 0 Å². The normalized spacial score (nSPS) is 11.9. The van der Waals surface area contributed by atoms with E-state index in [2.05, 4.69) is 43.0 Å². The minimum absolute atomic E-state index is 0. The molecule has 16 heavy (non-hydrogen) atoms. The highest BCUT2D eigenvalue weighted by Crippen LogP contribution is 2.08. The van der Waals surface area contributed by atoms with E-state index in [0.29, 0.717) is 0 Å². The molecule has 0 fully saturated rings. The highest BCUT2D eigenvalue weighted by Gasteiger charge is 1.98. The molecule has 0 heterocycles. The Hall–Kier alpha value is -0.180. The van der Waals surface area contributed by atoms with Crippen molar-refractivity contribution in [1.82, 2.24) is 0 Å². The second kappa shape index (κ2) is 10.0. The van der Waals surface area contributed by atoms with Crippen LogP contribution in [0.15, 0.2) is 30.3 Å². The summed E-state index contributed by atoms with van der Waals surface area (Å²) in [7, 11) is 0. The van der Waals surface area contributed by atoms with Crippen molar-refractivity contribution in [3.63, 3.8) is 0 Å². The molecule has 92 valence electrons. The van der Waals surface area contributed by atoms with E-state index < -0.39 is 0 Å². The summed E-state index contributed by atoms with van der Waals surface area (Å²) >= 11 is 4.17. The van der Waals surface area contributed by atoms with Gasteiger partial charge in [0.15, 0.2) is 0 Å². The largest absolute Gasteiger partial charge is 0.327 e. The molecule has 3 heteroatoms. The number of hydrogen-bond acceptors (Lipinski definition) is 2. The van der Waals surface area contributed by atoms with Gasteiger partial charge in [-0.15, -0.1) is 12.4 Å². The summed E-state index contributed by atoms with van der Waals surface area (Å²) in [6.07, 6.45) is 6.07. The average Bonchev–Trinajstić information content (AvgIpc) is 2.29. The zero-order valence-electron chi connectivity index (χ0n) is 9.64. The maximum absolute atomic E-state index is 5.79. The molecular formula is C13H22ClNS. The monoisotopic (exact) mass is 259 g/mol. The van der Waals surface area contributed by atoms with Crippen molar-refractivity contribution in [3.8, 4) is 0 Å². The van der Waals surface area contributed by atoms with Crippen molar-refractivity contribution in [2.24, 2.45) is 5.73 Å². The fourth-order valence-corrected chi connectivity index (χ4v) is 1.83. The van der Waals surface area contributed by atoms with Crippen molar-refractivity contribution < 1.29 is 0 Å². The first-order valence-electron chi connectivity index (χ1n) is 5.73. The maximum atomic E-state index is 5.79. The second-order valence-corrected chi connectivity index (χ2v) is 4.39. The number of unbranched alkanes of at least 4 members (excludes halogenated alkanes) is 2. The molecule has 1 aromatic carbocycles. The van der Waals surface area contributed by atoms with E-state index >= 15 is 0 Å². The average molecular weight is 260 g/mol. The number of rotatable bonds is 7. The topological polar surface area (TPSA) is 26.0 Å². The molecule has 2 N–H and O–H groups in total. The third-order valence-electron chi connectivity index (χ3n) is 2.62. The number of halogens is 1. The van der Waals surface area contributed by atoms with Gasteiger partial charge in [0, 0.05) is 11.8 Å². The standard InChI is InChI=1S/C13H21NS.ClH/c14-13(11-15)10-6-2-5-9-12-7-3-1-4-8-12;/h1,3-4,7-8,13,15H,2,5-6,9-11,14H2;1H/t13-;/m1./s1. The summed E-state index contributed by atoms with van der Waals surface area (Å²) < 4.78 is 0. The fourth-order valence-electron chi connectivity index (χ4n) is 1.65. The van der Waals surface area contributed by atoms with Gasteiger partial charge >= 0.3 is 0 Å². The van der Waals surface area contributed by atoms with Crippen LogP contribution >= 0.6 is 25.0 Å². The zero-order chi connectivity index (χ0) is 10.9. The zero-order valence-corrected chi connectivity index (χ0v) is 11.4. The lowest BCUT2D eigenvalue weighted by atomic mass is 10.0. The Labute approximate surface area is 111 Å². The molecule has 1 rings (SSSR count). The molecule has 0 aromatic heterocycles. The van der Waals surface area contributed by atoms with Gasteiger partial charge in [-0.1, -0.05) is 43.2 Å². The van der Waals surface area contributed by atoms with Crippen LogP contribution in [-0.4, -0.2) is 11.8 Å². The van der Waals surface area contributed by atoms with Gasteiger partial charge in [0.05, 0.1) is 0 Å². The van der Waals surface area contributed by atoms with E-state index in [1.54, 1.807) is 0 Å². The molecule has 0 amide bonds. The van der Waals surface area contributed by atoms with Gasteiger partial charge in [0.2, 0.25) is 0 Å². The van der Waals surface area contributed by atoms with Crippen LogP contribution in [0.3, 0.4) is 0 Å². The van der Waals surface area contributed by atoms with Crippen molar-refractivity contribution >= 4 is 25.0 Å². The van der Waals surface area contributed by atoms with Gasteiger partial charge < -0.3 is 5.73 Å². The van der Waals surface area contributed by atoms with Crippen LogP contribution in [0.4, 0.5) is 0 Å². The number of hydrogen-bond donors (Lipinski definition) is 2. The van der Waals surface area contributed by atoms with Crippen LogP contribution < -0.4 is 5.73 Å². The Morgan fingerprint density at radius 1 is 1.06 bits per heavy atom. The summed E-state index contributed by atoms with van der Waals surface area (Å²) in [6, 6.07) is 10.9. The lowest BCUT2D eigenvalue weighted by Gasteiger charge is -2.07. The van der Waals surface area contributed by atoms with Gasteiger partial charge in [0.25, 0.3) is 0 Å². The molecule has 1 atom stereocenters. The van der Waals surface area contributed by atoms with Crippen molar-refractivity contribution in [2.45, 2.75) is 38.1 Å². The molecule has 1 aromatic rings. The molecule has 0 saturated carbocycles. The molecule has 0 unspecified atom stereocenters. The fraction of sp³-hybridized carbons (Fsp3) is 0.538. The number of nitrogens with two attached hydrogens (primary N) is 1. The molecule has 0 aliphatic carbocycles. The van der Waals surface area contributed by atoms with E-state index in [9.17, 15) is 0 Å². The lowest BCUT2D eigenvalue weighted by Crippen LogP contribution is -2.21. The number of thiol groups is 1. The summed E-state index contributed by atoms with van der Waals surface area (Å²) in [5, 5.41) is 0. The molecule has 0 aliphatic heterocycles. The van der Waals surface area contributed by atoms with E-state index in [0.717, 1.165) is 12.2 Å². The van der Waals surface area contributed by atoms with Crippen LogP contribution in [0.1, 0.15) is 31.2 Å². The van der Waals surface area contributed by atoms with E-state index in [4.69, 9.17) is 5.73 Å². The predicted octanol–water partition coefficient (Wildman–Crippen LogP) is 3.47. The van der Waals surface area contributed by atoms with Crippen LogP contribution in [0.5, 0.6) is 0 Å². The highest BCUT2D eigenvalue weighted by atomic mass is 35.5. The van der Waals surface area contributed by atoms with Gasteiger partial charge in [-0.05, 0) is 24.8 Å². The Bertz CT molecular complexity index is 253. The highest BCUT2D eigenvalue weighted by molar-refractivity contribution is 7.80. The molecule has 0 aliphatic rings.